The van der Waals surface area contributed by atoms with Gasteiger partial charge in [-0.15, -0.1) is 0 Å². The lowest BCUT2D eigenvalue weighted by Crippen LogP contribution is -2.24. The van der Waals surface area contributed by atoms with E-state index in [0.717, 1.165) is 38.5 Å². The second kappa shape index (κ2) is 6.59. The van der Waals surface area contributed by atoms with E-state index in [9.17, 15) is 0 Å². The second-order valence-corrected chi connectivity index (χ2v) is 5.90. The molecule has 0 aromatic heterocycles. The number of hydrogen-bond donors (Lipinski definition) is 1. The summed E-state index contributed by atoms with van der Waals surface area (Å²) in [6.07, 6.45) is 4.83. The third-order valence-corrected chi connectivity index (χ3v) is 4.39. The average molecular weight is 275 g/mol. The first-order valence-electron chi connectivity index (χ1n) is 7.93. The van der Waals surface area contributed by atoms with Gasteiger partial charge in [0.25, 0.3) is 0 Å². The summed E-state index contributed by atoms with van der Waals surface area (Å²) in [4.78, 5) is 0. The maximum absolute atomic E-state index is 5.95. The topological polar surface area (TPSA) is 30.5 Å². The molecule has 1 fully saturated rings. The van der Waals surface area contributed by atoms with E-state index in [0.29, 0.717) is 12.0 Å². The molecule has 0 amide bonds. The van der Waals surface area contributed by atoms with Gasteiger partial charge in [0.2, 0.25) is 0 Å². The standard InChI is InChI=1S/C17H25NO2/c1-2-18-17-5-3-4-14-10-15(6-7-16(14)17)20-12-13-8-9-19-11-13/h6-7,10,13,17-18H,2-5,8-9,11-12H2,1H3. The van der Waals surface area contributed by atoms with Crippen LogP contribution in [0.4, 0.5) is 0 Å². The number of benzene rings is 1. The van der Waals surface area contributed by atoms with Crippen LogP contribution in [0.25, 0.3) is 0 Å². The molecule has 2 unspecified atom stereocenters. The van der Waals surface area contributed by atoms with Gasteiger partial charge in [-0.25, -0.2) is 0 Å². The smallest absolute Gasteiger partial charge is 0.119 e. The van der Waals surface area contributed by atoms with Gasteiger partial charge in [-0.05, 0) is 55.5 Å². The average Bonchev–Trinajstić information content (AvgIpc) is 2.99. The number of nitrogens with one attached hydrogen (secondary N) is 1. The van der Waals surface area contributed by atoms with Crippen molar-refractivity contribution in [2.75, 3.05) is 26.4 Å². The van der Waals surface area contributed by atoms with E-state index >= 15 is 0 Å². The van der Waals surface area contributed by atoms with Crippen LogP contribution in [-0.2, 0) is 11.2 Å². The van der Waals surface area contributed by atoms with Gasteiger partial charge in [-0.3, -0.25) is 0 Å². The second-order valence-electron chi connectivity index (χ2n) is 5.90. The fraction of sp³-hybridized carbons (Fsp3) is 0.647. The van der Waals surface area contributed by atoms with Crippen LogP contribution in [0, 0.1) is 5.92 Å². The molecule has 3 rings (SSSR count). The molecule has 1 aliphatic heterocycles. The van der Waals surface area contributed by atoms with E-state index < -0.39 is 0 Å². The van der Waals surface area contributed by atoms with Crippen LogP contribution >= 0.6 is 0 Å². The molecule has 0 spiro atoms. The van der Waals surface area contributed by atoms with Crippen molar-refractivity contribution in [3.63, 3.8) is 0 Å². The zero-order valence-corrected chi connectivity index (χ0v) is 12.4. The zero-order chi connectivity index (χ0) is 13.8. The molecule has 3 heteroatoms. The van der Waals surface area contributed by atoms with Crippen molar-refractivity contribution < 1.29 is 9.47 Å². The summed E-state index contributed by atoms with van der Waals surface area (Å²) in [7, 11) is 0. The van der Waals surface area contributed by atoms with Crippen molar-refractivity contribution in [3.8, 4) is 5.75 Å². The summed E-state index contributed by atoms with van der Waals surface area (Å²) in [5, 5.41) is 3.58. The minimum absolute atomic E-state index is 0.529. The Hall–Kier alpha value is -1.06. The van der Waals surface area contributed by atoms with Gasteiger partial charge in [-0.1, -0.05) is 13.0 Å². The monoisotopic (exact) mass is 275 g/mol. The molecule has 0 bridgehead atoms. The molecule has 0 radical (unpaired) electrons. The Morgan fingerprint density at radius 2 is 2.30 bits per heavy atom. The molecular weight excluding hydrogens is 250 g/mol. The molecule has 1 heterocycles. The van der Waals surface area contributed by atoms with Gasteiger partial charge in [-0.2, -0.15) is 0 Å². The summed E-state index contributed by atoms with van der Waals surface area (Å²) in [5.74, 6) is 1.59. The van der Waals surface area contributed by atoms with E-state index in [1.54, 1.807) is 0 Å². The number of ether oxygens (including phenoxy) is 2. The Labute approximate surface area is 121 Å². The van der Waals surface area contributed by atoms with Crippen molar-refractivity contribution in [1.29, 1.82) is 0 Å². The first kappa shape index (κ1) is 13.9. The lowest BCUT2D eigenvalue weighted by molar-refractivity contribution is 0.167. The van der Waals surface area contributed by atoms with Crippen LogP contribution in [0.3, 0.4) is 0 Å². The highest BCUT2D eigenvalue weighted by atomic mass is 16.5. The lowest BCUT2D eigenvalue weighted by atomic mass is 9.87. The Balaban J connectivity index is 1.65. The number of hydrogen-bond acceptors (Lipinski definition) is 3. The molecular formula is C17H25NO2. The fourth-order valence-corrected chi connectivity index (χ4v) is 3.27. The van der Waals surface area contributed by atoms with Gasteiger partial charge in [0, 0.05) is 18.6 Å². The van der Waals surface area contributed by atoms with E-state index in [4.69, 9.17) is 9.47 Å². The minimum Gasteiger partial charge on any atom is -0.493 e. The third-order valence-electron chi connectivity index (χ3n) is 4.39. The van der Waals surface area contributed by atoms with Gasteiger partial charge >= 0.3 is 0 Å². The normalized spacial score (nSPS) is 25.4. The Morgan fingerprint density at radius 1 is 1.35 bits per heavy atom. The molecule has 1 aromatic rings. The van der Waals surface area contributed by atoms with Crippen LogP contribution in [-0.4, -0.2) is 26.4 Å². The highest BCUT2D eigenvalue weighted by Gasteiger charge is 2.20. The fourth-order valence-electron chi connectivity index (χ4n) is 3.27. The van der Waals surface area contributed by atoms with Crippen LogP contribution in [0.15, 0.2) is 18.2 Å². The highest BCUT2D eigenvalue weighted by Crippen LogP contribution is 2.32. The Morgan fingerprint density at radius 3 is 3.10 bits per heavy atom. The van der Waals surface area contributed by atoms with E-state index in [1.807, 2.05) is 0 Å². The molecule has 20 heavy (non-hydrogen) atoms. The van der Waals surface area contributed by atoms with E-state index in [1.165, 1.54) is 30.4 Å². The summed E-state index contributed by atoms with van der Waals surface area (Å²) in [6, 6.07) is 7.15. The molecule has 3 nitrogen and oxygen atoms in total. The van der Waals surface area contributed by atoms with Gasteiger partial charge in [0.05, 0.1) is 13.2 Å². The minimum atomic E-state index is 0.529. The summed E-state index contributed by atoms with van der Waals surface area (Å²) < 4.78 is 11.3. The number of rotatable bonds is 5. The lowest BCUT2D eigenvalue weighted by Gasteiger charge is -2.26. The van der Waals surface area contributed by atoms with E-state index in [-0.39, 0.29) is 0 Å². The molecule has 1 aliphatic carbocycles. The summed E-state index contributed by atoms with van der Waals surface area (Å²) in [6.45, 7) is 5.74. The maximum atomic E-state index is 5.95. The van der Waals surface area contributed by atoms with Gasteiger partial charge in [0.15, 0.2) is 0 Å². The van der Waals surface area contributed by atoms with Crippen molar-refractivity contribution in [1.82, 2.24) is 5.32 Å². The zero-order valence-electron chi connectivity index (χ0n) is 12.4. The first-order valence-corrected chi connectivity index (χ1v) is 7.93. The van der Waals surface area contributed by atoms with Crippen LogP contribution in [0.2, 0.25) is 0 Å². The summed E-state index contributed by atoms with van der Waals surface area (Å²) in [5.41, 5.74) is 2.93. The van der Waals surface area contributed by atoms with E-state index in [2.05, 4.69) is 30.4 Å². The summed E-state index contributed by atoms with van der Waals surface area (Å²) >= 11 is 0. The molecule has 1 aromatic carbocycles. The Kier molecular flexibility index (Phi) is 4.58. The molecule has 1 saturated heterocycles. The quantitative estimate of drug-likeness (QED) is 0.895. The van der Waals surface area contributed by atoms with Crippen molar-refractivity contribution in [2.45, 2.75) is 38.6 Å². The van der Waals surface area contributed by atoms with Crippen molar-refractivity contribution in [2.24, 2.45) is 5.92 Å². The van der Waals surface area contributed by atoms with Crippen LogP contribution in [0.5, 0.6) is 5.75 Å². The predicted molar refractivity (Wildman–Crippen MR) is 80.2 cm³/mol. The largest absolute Gasteiger partial charge is 0.493 e. The predicted octanol–water partition coefficient (Wildman–Crippen LogP) is 3.09. The van der Waals surface area contributed by atoms with Crippen LogP contribution < -0.4 is 10.1 Å². The molecule has 1 N–H and O–H groups in total. The van der Waals surface area contributed by atoms with Crippen molar-refractivity contribution in [3.05, 3.63) is 29.3 Å². The number of aryl methyl sites for hydroxylation is 1. The van der Waals surface area contributed by atoms with Crippen LogP contribution in [0.1, 0.15) is 43.4 Å². The van der Waals surface area contributed by atoms with Crippen molar-refractivity contribution >= 4 is 0 Å². The highest BCUT2D eigenvalue weighted by molar-refractivity contribution is 5.39. The SMILES string of the molecule is CCNC1CCCc2cc(OCC3CCOC3)ccc21. The van der Waals surface area contributed by atoms with Gasteiger partial charge < -0.3 is 14.8 Å². The first-order chi connectivity index (χ1) is 9.86. The molecule has 2 aliphatic rings. The maximum Gasteiger partial charge on any atom is 0.119 e. The molecule has 2 atom stereocenters. The molecule has 0 saturated carbocycles. The third kappa shape index (κ3) is 3.15. The Bertz CT molecular complexity index is 441. The molecule has 110 valence electrons. The van der Waals surface area contributed by atoms with Gasteiger partial charge in [0.1, 0.15) is 5.75 Å². The number of fused-ring (bicyclic) bond motifs is 1.